The van der Waals surface area contributed by atoms with Gasteiger partial charge in [0.25, 0.3) is 5.91 Å². The van der Waals surface area contributed by atoms with Crippen molar-refractivity contribution in [1.82, 2.24) is 5.43 Å². The lowest BCUT2D eigenvalue weighted by molar-refractivity contribution is 0.0954. The Bertz CT molecular complexity index is 404. The van der Waals surface area contributed by atoms with Crippen molar-refractivity contribution < 1.29 is 4.79 Å². The number of nitrogens with one attached hydrogen (secondary N) is 1. The van der Waals surface area contributed by atoms with Crippen LogP contribution in [0.5, 0.6) is 0 Å². The van der Waals surface area contributed by atoms with E-state index >= 15 is 0 Å². The number of benzene rings is 1. The van der Waals surface area contributed by atoms with Crippen LogP contribution in [-0.2, 0) is 0 Å². The average molecular weight is 281 g/mol. The van der Waals surface area contributed by atoms with Crippen molar-refractivity contribution in [3.63, 3.8) is 0 Å². The Hall–Kier alpha value is -1.16. The number of nitrogens with zero attached hydrogens (tertiary/aromatic N) is 1. The molecule has 0 aliphatic heterocycles. The fraction of sp³-hybridized carbons (Fsp3) is 0.333. The second-order valence-electron chi connectivity index (χ2n) is 3.83. The fourth-order valence-corrected chi connectivity index (χ4v) is 1.95. The van der Waals surface area contributed by atoms with E-state index in [4.69, 9.17) is 0 Å². The summed E-state index contributed by atoms with van der Waals surface area (Å²) in [5.41, 5.74) is 4.33. The van der Waals surface area contributed by atoms with Crippen molar-refractivity contribution in [2.24, 2.45) is 5.10 Å². The molecule has 1 amide bonds. The Morgan fingerprint density at radius 2 is 1.81 bits per heavy atom. The van der Waals surface area contributed by atoms with E-state index in [1.807, 2.05) is 12.1 Å². The molecule has 4 heteroatoms. The number of carbonyl (C=O) groups excluding carboxylic acids is 1. The first-order valence-corrected chi connectivity index (χ1v) is 6.16. The fourth-order valence-electron chi connectivity index (χ4n) is 1.69. The van der Waals surface area contributed by atoms with Gasteiger partial charge in [-0.2, -0.15) is 5.10 Å². The highest BCUT2D eigenvalue weighted by atomic mass is 79.9. The third-order valence-corrected chi connectivity index (χ3v) is 3.13. The van der Waals surface area contributed by atoms with Crippen molar-refractivity contribution in [2.75, 3.05) is 0 Å². The van der Waals surface area contributed by atoms with Gasteiger partial charge in [0, 0.05) is 15.7 Å². The molecule has 1 fully saturated rings. The van der Waals surface area contributed by atoms with Crippen molar-refractivity contribution in [3.8, 4) is 0 Å². The molecule has 0 saturated heterocycles. The van der Waals surface area contributed by atoms with Crippen LogP contribution in [0.2, 0.25) is 0 Å². The first kappa shape index (κ1) is 11.3. The van der Waals surface area contributed by atoms with Gasteiger partial charge in [0.05, 0.1) is 0 Å². The smallest absolute Gasteiger partial charge is 0.267 e. The third-order valence-electron chi connectivity index (χ3n) is 2.60. The Balaban J connectivity index is 1.97. The summed E-state index contributed by atoms with van der Waals surface area (Å²) < 4.78 is 0.964. The van der Waals surface area contributed by atoms with Crippen LogP contribution >= 0.6 is 15.9 Å². The van der Waals surface area contributed by atoms with E-state index in [1.54, 1.807) is 12.1 Å². The maximum Gasteiger partial charge on any atom is 0.271 e. The highest BCUT2D eigenvalue weighted by Gasteiger charge is 2.09. The van der Waals surface area contributed by atoms with E-state index in [9.17, 15) is 4.79 Å². The molecule has 84 valence electrons. The highest BCUT2D eigenvalue weighted by molar-refractivity contribution is 9.10. The van der Waals surface area contributed by atoms with Gasteiger partial charge in [-0.25, -0.2) is 5.43 Å². The van der Waals surface area contributed by atoms with Gasteiger partial charge in [-0.05, 0) is 49.9 Å². The minimum absolute atomic E-state index is 0.146. The standard InChI is InChI=1S/C12H13BrN2O/c13-10-7-5-9(6-8-10)12(16)15-14-11-3-1-2-4-11/h5-8H,1-4H2,(H,15,16). The van der Waals surface area contributed by atoms with Crippen LogP contribution in [0.25, 0.3) is 0 Å². The van der Waals surface area contributed by atoms with Gasteiger partial charge in [0.2, 0.25) is 0 Å². The number of hydrogen-bond acceptors (Lipinski definition) is 2. The molecule has 0 unspecified atom stereocenters. The topological polar surface area (TPSA) is 41.5 Å². The summed E-state index contributed by atoms with van der Waals surface area (Å²) in [6, 6.07) is 7.23. The lowest BCUT2D eigenvalue weighted by atomic mass is 10.2. The minimum atomic E-state index is -0.146. The zero-order valence-corrected chi connectivity index (χ0v) is 10.5. The largest absolute Gasteiger partial charge is 0.271 e. The second-order valence-corrected chi connectivity index (χ2v) is 4.75. The predicted octanol–water partition coefficient (Wildman–Crippen LogP) is 3.11. The number of hydrogen-bond donors (Lipinski definition) is 1. The molecule has 0 radical (unpaired) electrons. The maximum absolute atomic E-state index is 11.7. The third kappa shape index (κ3) is 2.92. The summed E-state index contributed by atoms with van der Waals surface area (Å²) in [4.78, 5) is 11.7. The van der Waals surface area contributed by atoms with Crippen molar-refractivity contribution in [3.05, 3.63) is 34.3 Å². The first-order chi connectivity index (χ1) is 7.75. The van der Waals surface area contributed by atoms with Crippen LogP contribution in [0.4, 0.5) is 0 Å². The number of rotatable bonds is 2. The van der Waals surface area contributed by atoms with Crippen molar-refractivity contribution >= 4 is 27.5 Å². The Morgan fingerprint density at radius 3 is 2.44 bits per heavy atom. The second kappa shape index (κ2) is 5.25. The molecule has 1 saturated carbocycles. The molecule has 2 rings (SSSR count). The van der Waals surface area contributed by atoms with Crippen LogP contribution in [0.1, 0.15) is 36.0 Å². The SMILES string of the molecule is O=C(NN=C1CCCC1)c1ccc(Br)cc1. The van der Waals surface area contributed by atoms with Gasteiger partial charge >= 0.3 is 0 Å². The molecule has 0 aromatic heterocycles. The molecule has 1 aromatic carbocycles. The maximum atomic E-state index is 11.7. The van der Waals surface area contributed by atoms with Gasteiger partial charge in [-0.3, -0.25) is 4.79 Å². The van der Waals surface area contributed by atoms with Crippen molar-refractivity contribution in [1.29, 1.82) is 0 Å². The van der Waals surface area contributed by atoms with E-state index < -0.39 is 0 Å². The lowest BCUT2D eigenvalue weighted by Gasteiger charge is -2.01. The molecule has 3 nitrogen and oxygen atoms in total. The summed E-state index contributed by atoms with van der Waals surface area (Å²) in [5.74, 6) is -0.146. The monoisotopic (exact) mass is 280 g/mol. The van der Waals surface area contributed by atoms with Gasteiger partial charge in [0.1, 0.15) is 0 Å². The summed E-state index contributed by atoms with van der Waals surface area (Å²) in [5, 5.41) is 4.13. The van der Waals surface area contributed by atoms with Gasteiger partial charge in [-0.1, -0.05) is 15.9 Å². The normalized spacial score (nSPS) is 14.9. The number of halogens is 1. The Morgan fingerprint density at radius 1 is 1.19 bits per heavy atom. The average Bonchev–Trinajstić information content (AvgIpc) is 2.80. The molecule has 1 N–H and O–H groups in total. The lowest BCUT2D eigenvalue weighted by Crippen LogP contribution is -2.18. The summed E-state index contributed by atoms with van der Waals surface area (Å²) in [7, 11) is 0. The molecule has 0 spiro atoms. The van der Waals surface area contributed by atoms with Gasteiger partial charge in [-0.15, -0.1) is 0 Å². The molecule has 16 heavy (non-hydrogen) atoms. The molecule has 1 aromatic rings. The molecular weight excluding hydrogens is 268 g/mol. The number of hydrazone groups is 1. The van der Waals surface area contributed by atoms with Gasteiger partial charge in [0.15, 0.2) is 0 Å². The van der Waals surface area contributed by atoms with Gasteiger partial charge < -0.3 is 0 Å². The predicted molar refractivity (Wildman–Crippen MR) is 67.5 cm³/mol. The van der Waals surface area contributed by atoms with E-state index in [-0.39, 0.29) is 5.91 Å². The number of amides is 1. The van der Waals surface area contributed by atoms with Crippen molar-refractivity contribution in [2.45, 2.75) is 25.7 Å². The van der Waals surface area contributed by atoms with E-state index in [0.29, 0.717) is 5.56 Å². The zero-order valence-electron chi connectivity index (χ0n) is 8.87. The summed E-state index contributed by atoms with van der Waals surface area (Å²) >= 11 is 3.33. The Labute approximate surface area is 103 Å². The van der Waals surface area contributed by atoms with Crippen LogP contribution in [0.15, 0.2) is 33.8 Å². The summed E-state index contributed by atoms with van der Waals surface area (Å²) in [6.07, 6.45) is 4.40. The Kier molecular flexibility index (Phi) is 3.72. The van der Waals surface area contributed by atoms with Crippen LogP contribution in [0.3, 0.4) is 0 Å². The molecule has 1 aliphatic rings. The minimum Gasteiger partial charge on any atom is -0.267 e. The van der Waals surface area contributed by atoms with E-state index in [2.05, 4.69) is 26.5 Å². The molecule has 0 bridgehead atoms. The molecule has 0 atom stereocenters. The quantitative estimate of drug-likeness (QED) is 0.831. The highest BCUT2D eigenvalue weighted by Crippen LogP contribution is 2.14. The van der Waals surface area contributed by atoms with Crippen LogP contribution in [0, 0.1) is 0 Å². The number of carbonyl (C=O) groups is 1. The van der Waals surface area contributed by atoms with E-state index in [1.165, 1.54) is 12.8 Å². The molecule has 0 heterocycles. The molecular formula is C12H13BrN2O. The summed E-state index contributed by atoms with van der Waals surface area (Å²) in [6.45, 7) is 0. The zero-order chi connectivity index (χ0) is 11.4. The van der Waals surface area contributed by atoms with E-state index in [0.717, 1.165) is 23.0 Å². The first-order valence-electron chi connectivity index (χ1n) is 5.37. The van der Waals surface area contributed by atoms with Crippen LogP contribution in [-0.4, -0.2) is 11.6 Å². The van der Waals surface area contributed by atoms with Crippen LogP contribution < -0.4 is 5.43 Å². The molecule has 1 aliphatic carbocycles.